The molecule has 29 heavy (non-hydrogen) atoms. The smallest absolute Gasteiger partial charge is 0.251 e. The number of amides is 2. The molecule has 0 aliphatic carbocycles. The summed E-state index contributed by atoms with van der Waals surface area (Å²) in [6, 6.07) is 14.4. The zero-order valence-electron chi connectivity index (χ0n) is 15.6. The molecule has 2 aromatic rings. The Balaban J connectivity index is 1.45. The maximum Gasteiger partial charge on any atom is 0.251 e. The molecular formula is C20H20ClN3O4S. The lowest BCUT2D eigenvalue weighted by molar-refractivity contribution is -0.123. The fourth-order valence-corrected chi connectivity index (χ4v) is 5.41. The van der Waals surface area contributed by atoms with Crippen LogP contribution >= 0.6 is 11.6 Å². The van der Waals surface area contributed by atoms with E-state index in [0.29, 0.717) is 23.8 Å². The molecule has 2 saturated heterocycles. The van der Waals surface area contributed by atoms with Gasteiger partial charge in [0.1, 0.15) is 0 Å². The number of hydrogen-bond acceptors (Lipinski definition) is 5. The average Bonchev–Trinajstić information content (AvgIpc) is 3.03. The molecule has 2 aliphatic heterocycles. The predicted molar refractivity (Wildman–Crippen MR) is 109 cm³/mol. The minimum Gasteiger partial charge on any atom is -0.289 e. The van der Waals surface area contributed by atoms with Crippen LogP contribution in [0.3, 0.4) is 0 Å². The summed E-state index contributed by atoms with van der Waals surface area (Å²) >= 11 is 5.99. The Bertz CT molecular complexity index is 1040. The van der Waals surface area contributed by atoms with Crippen LogP contribution in [0.2, 0.25) is 5.02 Å². The zero-order valence-corrected chi connectivity index (χ0v) is 17.1. The summed E-state index contributed by atoms with van der Waals surface area (Å²) in [6.45, 7) is 1.32. The van der Waals surface area contributed by atoms with Gasteiger partial charge in [-0.1, -0.05) is 35.9 Å². The molecule has 0 unspecified atom stereocenters. The highest BCUT2D eigenvalue weighted by Gasteiger charge is 2.44. The maximum atomic E-state index is 12.9. The van der Waals surface area contributed by atoms with E-state index < -0.39 is 16.1 Å². The largest absolute Gasteiger partial charge is 0.289 e. The molecule has 7 nitrogen and oxygen atoms in total. The molecule has 0 spiro atoms. The second-order valence-corrected chi connectivity index (χ2v) is 9.39. The standard InChI is InChI=1S/C20H20ClN3O4S/c21-15-5-4-6-16(13-15)24-19(25)14-18(20(24)26)22-9-11-23(12-10-22)29(27,28)17-7-2-1-3-8-17/h1-8,13,18H,9-12,14H2/t18-/m0/s1. The SMILES string of the molecule is O=C1C[C@H](N2CCN(S(=O)(=O)c3ccccc3)CC2)C(=O)N1c1cccc(Cl)c1. The fraction of sp³-hybridized carbons (Fsp3) is 0.300. The van der Waals surface area contributed by atoms with E-state index in [4.69, 9.17) is 11.6 Å². The summed E-state index contributed by atoms with van der Waals surface area (Å²) in [5, 5.41) is 0.450. The Morgan fingerprint density at radius 1 is 0.897 bits per heavy atom. The molecular weight excluding hydrogens is 414 g/mol. The first-order valence-electron chi connectivity index (χ1n) is 9.29. The van der Waals surface area contributed by atoms with E-state index in [-0.39, 0.29) is 36.2 Å². The van der Waals surface area contributed by atoms with Crippen molar-refractivity contribution in [2.45, 2.75) is 17.4 Å². The van der Waals surface area contributed by atoms with Crippen molar-refractivity contribution in [1.29, 1.82) is 0 Å². The number of carbonyl (C=O) groups excluding carboxylic acids is 2. The molecule has 2 amide bonds. The van der Waals surface area contributed by atoms with E-state index in [1.54, 1.807) is 54.6 Å². The van der Waals surface area contributed by atoms with E-state index in [2.05, 4.69) is 0 Å². The molecule has 1 atom stereocenters. The molecule has 0 aromatic heterocycles. The van der Waals surface area contributed by atoms with Gasteiger partial charge in [-0.15, -0.1) is 0 Å². The molecule has 0 bridgehead atoms. The molecule has 4 rings (SSSR count). The number of sulfonamides is 1. The number of benzene rings is 2. The molecule has 0 saturated carbocycles. The molecule has 2 heterocycles. The summed E-state index contributed by atoms with van der Waals surface area (Å²) in [4.78, 5) is 28.7. The first-order valence-corrected chi connectivity index (χ1v) is 11.1. The monoisotopic (exact) mass is 433 g/mol. The highest BCUT2D eigenvalue weighted by molar-refractivity contribution is 7.89. The maximum absolute atomic E-state index is 12.9. The van der Waals surface area contributed by atoms with E-state index in [9.17, 15) is 18.0 Å². The second kappa shape index (κ2) is 7.87. The van der Waals surface area contributed by atoms with E-state index in [0.717, 1.165) is 0 Å². The molecule has 0 N–H and O–H groups in total. The molecule has 9 heteroatoms. The summed E-state index contributed by atoms with van der Waals surface area (Å²) in [7, 11) is -3.56. The van der Waals surface area contributed by atoms with Gasteiger partial charge in [-0.25, -0.2) is 13.3 Å². The van der Waals surface area contributed by atoms with Crippen LogP contribution in [-0.4, -0.2) is 61.7 Å². The van der Waals surface area contributed by atoms with E-state index in [1.807, 2.05) is 4.90 Å². The van der Waals surface area contributed by atoms with Crippen LogP contribution in [0.5, 0.6) is 0 Å². The van der Waals surface area contributed by atoms with Crippen LogP contribution in [0.4, 0.5) is 5.69 Å². The second-order valence-electron chi connectivity index (χ2n) is 7.02. The molecule has 152 valence electrons. The van der Waals surface area contributed by atoms with Crippen molar-refractivity contribution in [3.8, 4) is 0 Å². The van der Waals surface area contributed by atoms with Crippen molar-refractivity contribution >= 4 is 39.1 Å². The van der Waals surface area contributed by atoms with Gasteiger partial charge in [-0.3, -0.25) is 14.5 Å². The minimum absolute atomic E-state index is 0.0801. The number of carbonyl (C=O) groups is 2. The third-order valence-corrected chi connectivity index (χ3v) is 7.43. The Morgan fingerprint density at radius 3 is 2.24 bits per heavy atom. The first-order chi connectivity index (χ1) is 13.9. The topological polar surface area (TPSA) is 78.0 Å². The minimum atomic E-state index is -3.56. The van der Waals surface area contributed by atoms with Gasteiger partial charge in [-0.2, -0.15) is 4.31 Å². The van der Waals surface area contributed by atoms with Crippen molar-refractivity contribution in [1.82, 2.24) is 9.21 Å². The van der Waals surface area contributed by atoms with Crippen LogP contribution in [-0.2, 0) is 19.6 Å². The molecule has 2 aliphatic rings. The van der Waals surface area contributed by atoms with Gasteiger partial charge >= 0.3 is 0 Å². The van der Waals surface area contributed by atoms with Crippen molar-refractivity contribution in [2.75, 3.05) is 31.1 Å². The Labute approximate surface area is 174 Å². The fourth-order valence-electron chi connectivity index (χ4n) is 3.78. The predicted octanol–water partition coefficient (Wildman–Crippen LogP) is 1.98. The summed E-state index contributed by atoms with van der Waals surface area (Å²) in [6.07, 6.45) is 0.0801. The number of piperazine rings is 1. The van der Waals surface area contributed by atoms with Crippen LogP contribution in [0, 0.1) is 0 Å². The number of nitrogens with zero attached hydrogens (tertiary/aromatic N) is 3. The lowest BCUT2D eigenvalue weighted by Crippen LogP contribution is -2.53. The molecule has 2 aromatic carbocycles. The van der Waals surface area contributed by atoms with Crippen LogP contribution in [0.25, 0.3) is 0 Å². The molecule has 0 radical (unpaired) electrons. The number of anilines is 1. The summed E-state index contributed by atoms with van der Waals surface area (Å²) in [5.74, 6) is -0.571. The zero-order chi connectivity index (χ0) is 20.6. The van der Waals surface area contributed by atoms with Crippen molar-refractivity contribution in [2.24, 2.45) is 0 Å². The van der Waals surface area contributed by atoms with Gasteiger partial charge < -0.3 is 0 Å². The quantitative estimate of drug-likeness (QED) is 0.689. The number of halogens is 1. The Hall–Kier alpha value is -2.26. The third-order valence-electron chi connectivity index (χ3n) is 5.28. The summed E-state index contributed by atoms with van der Waals surface area (Å²) < 4.78 is 27.0. The third kappa shape index (κ3) is 3.81. The highest BCUT2D eigenvalue weighted by atomic mass is 35.5. The average molecular weight is 434 g/mol. The highest BCUT2D eigenvalue weighted by Crippen LogP contribution is 2.28. The molecule has 2 fully saturated rings. The number of hydrogen-bond donors (Lipinski definition) is 0. The van der Waals surface area contributed by atoms with Gasteiger partial charge in [-0.05, 0) is 30.3 Å². The number of rotatable bonds is 4. The van der Waals surface area contributed by atoms with Gasteiger partial charge in [0.05, 0.1) is 23.0 Å². The van der Waals surface area contributed by atoms with Gasteiger partial charge in [0, 0.05) is 31.2 Å². The Kier molecular flexibility index (Phi) is 5.44. The normalized spacial score (nSPS) is 21.7. The van der Waals surface area contributed by atoms with E-state index >= 15 is 0 Å². The number of imide groups is 1. The van der Waals surface area contributed by atoms with Crippen LogP contribution in [0.1, 0.15) is 6.42 Å². The van der Waals surface area contributed by atoms with Crippen molar-refractivity contribution in [3.63, 3.8) is 0 Å². The van der Waals surface area contributed by atoms with Crippen molar-refractivity contribution < 1.29 is 18.0 Å². The van der Waals surface area contributed by atoms with Gasteiger partial charge in [0.25, 0.3) is 5.91 Å². The lowest BCUT2D eigenvalue weighted by atomic mass is 10.2. The first kappa shape index (κ1) is 20.0. The lowest BCUT2D eigenvalue weighted by Gasteiger charge is -2.36. The van der Waals surface area contributed by atoms with Crippen LogP contribution in [0.15, 0.2) is 59.5 Å². The van der Waals surface area contributed by atoms with Crippen molar-refractivity contribution in [3.05, 3.63) is 59.6 Å². The van der Waals surface area contributed by atoms with E-state index in [1.165, 1.54) is 9.21 Å². The van der Waals surface area contributed by atoms with Gasteiger partial charge in [0.15, 0.2) is 0 Å². The Morgan fingerprint density at radius 2 is 1.59 bits per heavy atom. The summed E-state index contributed by atoms with van der Waals surface area (Å²) in [5.41, 5.74) is 0.459. The van der Waals surface area contributed by atoms with Crippen LogP contribution < -0.4 is 4.90 Å². The van der Waals surface area contributed by atoms with Gasteiger partial charge in [0.2, 0.25) is 15.9 Å².